The number of hydrogen-bond donors (Lipinski definition) is 3. The van der Waals surface area contributed by atoms with Crippen molar-refractivity contribution in [2.24, 2.45) is 5.73 Å². The number of hydrogen-bond acceptors (Lipinski definition) is 3. The second-order valence-corrected chi connectivity index (χ2v) is 3.27. The van der Waals surface area contributed by atoms with Crippen LogP contribution in [-0.4, -0.2) is 23.7 Å². The van der Waals surface area contributed by atoms with Gasteiger partial charge in [-0.3, -0.25) is 4.79 Å². The topological polar surface area (TPSA) is 75.3 Å². The molecule has 0 saturated carbocycles. The average molecular weight is 270 g/mol. The third kappa shape index (κ3) is 2.50. The number of anilines is 1. The molecule has 1 rings (SSSR count). The predicted octanol–water partition coefficient (Wildman–Crippen LogP) is 1.21. The summed E-state index contributed by atoms with van der Waals surface area (Å²) in [6.45, 7) is -0.701. The van der Waals surface area contributed by atoms with Gasteiger partial charge in [0.15, 0.2) is 23.3 Å². The summed E-state index contributed by atoms with van der Waals surface area (Å²) < 4.78 is 64.3. The molecule has 1 unspecified atom stereocenters. The van der Waals surface area contributed by atoms with Gasteiger partial charge in [-0.2, -0.15) is 0 Å². The molecule has 0 fully saturated rings. The fourth-order valence-corrected chi connectivity index (χ4v) is 1.06. The van der Waals surface area contributed by atoms with Gasteiger partial charge in [0, 0.05) is 6.54 Å². The summed E-state index contributed by atoms with van der Waals surface area (Å²) in [6.07, 6.45) is 0. The first-order valence-corrected chi connectivity index (χ1v) is 4.51. The fraction of sp³-hybridized carbons (Fsp3) is 0.222. The average Bonchev–Trinajstić information content (AvgIpc) is 2.33. The van der Waals surface area contributed by atoms with Crippen molar-refractivity contribution in [2.45, 2.75) is 6.04 Å². The molecule has 0 saturated heterocycles. The Balaban J connectivity index is 3.07. The largest absolute Gasteiger partial charge is 0.480 e. The molecule has 0 aliphatic rings. The molecule has 9 heteroatoms. The lowest BCUT2D eigenvalue weighted by atomic mass is 10.2. The van der Waals surface area contributed by atoms with E-state index in [9.17, 15) is 26.7 Å². The van der Waals surface area contributed by atoms with E-state index in [2.05, 4.69) is 0 Å². The molecule has 1 atom stereocenters. The van der Waals surface area contributed by atoms with Gasteiger partial charge in [0.25, 0.3) is 0 Å². The first-order chi connectivity index (χ1) is 8.27. The Kier molecular flexibility index (Phi) is 4.07. The third-order valence-corrected chi connectivity index (χ3v) is 2.03. The molecule has 0 amide bonds. The molecule has 0 aromatic heterocycles. The summed E-state index contributed by atoms with van der Waals surface area (Å²) in [7, 11) is 0. The minimum absolute atomic E-state index is 0.701. The first-order valence-electron chi connectivity index (χ1n) is 4.51. The maximum absolute atomic E-state index is 13.1. The minimum atomic E-state index is -2.29. The van der Waals surface area contributed by atoms with Gasteiger partial charge in [-0.1, -0.05) is 0 Å². The molecule has 0 spiro atoms. The summed E-state index contributed by atoms with van der Waals surface area (Å²) in [5, 5.41) is 10.2. The zero-order valence-corrected chi connectivity index (χ0v) is 8.61. The standard InChI is InChI=1S/C9H7F5N2O2/c10-3-4(11)6(13)8(7(14)5(3)12)16-1-2(15)9(17)18/h2,16H,1,15H2,(H,17,18). The van der Waals surface area contributed by atoms with E-state index in [1.54, 1.807) is 5.32 Å². The van der Waals surface area contributed by atoms with Crippen molar-refractivity contribution in [2.75, 3.05) is 11.9 Å². The van der Waals surface area contributed by atoms with Crippen LogP contribution in [-0.2, 0) is 4.79 Å². The van der Waals surface area contributed by atoms with E-state index in [1.165, 1.54) is 0 Å². The molecule has 0 radical (unpaired) electrons. The van der Waals surface area contributed by atoms with Gasteiger partial charge in [0.2, 0.25) is 5.82 Å². The number of benzene rings is 1. The normalized spacial score (nSPS) is 12.3. The molecule has 4 nitrogen and oxygen atoms in total. The van der Waals surface area contributed by atoms with E-state index in [0.29, 0.717) is 0 Å². The second-order valence-electron chi connectivity index (χ2n) is 3.27. The number of nitrogens with two attached hydrogens (primary N) is 1. The molecule has 18 heavy (non-hydrogen) atoms. The summed E-state index contributed by atoms with van der Waals surface area (Å²) in [4.78, 5) is 10.3. The number of nitrogens with one attached hydrogen (secondary N) is 1. The minimum Gasteiger partial charge on any atom is -0.480 e. The lowest BCUT2D eigenvalue weighted by molar-refractivity contribution is -0.138. The van der Waals surface area contributed by atoms with Gasteiger partial charge in [0.1, 0.15) is 11.7 Å². The Morgan fingerprint density at radius 1 is 1.06 bits per heavy atom. The smallest absolute Gasteiger partial charge is 0.322 e. The number of rotatable bonds is 4. The van der Waals surface area contributed by atoms with Gasteiger partial charge < -0.3 is 16.2 Å². The lowest BCUT2D eigenvalue weighted by Crippen LogP contribution is -2.37. The summed E-state index contributed by atoms with van der Waals surface area (Å²) in [6, 6.07) is -1.56. The monoisotopic (exact) mass is 270 g/mol. The Bertz CT molecular complexity index is 465. The SMILES string of the molecule is NC(CNc1c(F)c(F)c(F)c(F)c1F)C(=O)O. The van der Waals surface area contributed by atoms with Crippen LogP contribution in [0.3, 0.4) is 0 Å². The zero-order valence-electron chi connectivity index (χ0n) is 8.61. The number of aliphatic carboxylic acids is 1. The molecule has 0 heterocycles. The number of carboxylic acids is 1. The number of carboxylic acid groups (broad SMARTS) is 1. The van der Waals surface area contributed by atoms with Crippen LogP contribution >= 0.6 is 0 Å². The Hall–Kier alpha value is -1.90. The van der Waals surface area contributed by atoms with Crippen LogP contribution in [0.25, 0.3) is 0 Å². The molecule has 1 aromatic carbocycles. The highest BCUT2D eigenvalue weighted by Crippen LogP contribution is 2.26. The lowest BCUT2D eigenvalue weighted by Gasteiger charge is -2.12. The van der Waals surface area contributed by atoms with E-state index < -0.39 is 53.3 Å². The van der Waals surface area contributed by atoms with Crippen LogP contribution in [0.15, 0.2) is 0 Å². The van der Waals surface area contributed by atoms with Gasteiger partial charge >= 0.3 is 5.97 Å². The molecular formula is C9H7F5N2O2. The van der Waals surface area contributed by atoms with Crippen molar-refractivity contribution < 1.29 is 31.9 Å². The van der Waals surface area contributed by atoms with Crippen LogP contribution in [0.2, 0.25) is 0 Å². The second kappa shape index (κ2) is 5.17. The van der Waals surface area contributed by atoms with Crippen molar-refractivity contribution in [3.63, 3.8) is 0 Å². The Labute approximate surface area is 97.2 Å². The van der Waals surface area contributed by atoms with Crippen molar-refractivity contribution in [1.29, 1.82) is 0 Å². The Morgan fingerprint density at radius 2 is 1.44 bits per heavy atom. The van der Waals surface area contributed by atoms with Gasteiger partial charge in [-0.15, -0.1) is 0 Å². The van der Waals surface area contributed by atoms with Crippen LogP contribution in [0.1, 0.15) is 0 Å². The van der Waals surface area contributed by atoms with Crippen LogP contribution in [0, 0.1) is 29.1 Å². The van der Waals surface area contributed by atoms with Crippen molar-refractivity contribution in [3.05, 3.63) is 29.1 Å². The maximum Gasteiger partial charge on any atom is 0.322 e. The molecule has 4 N–H and O–H groups in total. The fourth-order valence-electron chi connectivity index (χ4n) is 1.06. The van der Waals surface area contributed by atoms with Crippen molar-refractivity contribution in [1.82, 2.24) is 0 Å². The third-order valence-electron chi connectivity index (χ3n) is 2.03. The number of carbonyl (C=O) groups is 1. The van der Waals surface area contributed by atoms with E-state index in [4.69, 9.17) is 10.8 Å². The van der Waals surface area contributed by atoms with E-state index in [-0.39, 0.29) is 0 Å². The number of halogens is 5. The highest BCUT2D eigenvalue weighted by atomic mass is 19.2. The highest BCUT2D eigenvalue weighted by molar-refractivity contribution is 5.74. The van der Waals surface area contributed by atoms with Crippen LogP contribution < -0.4 is 11.1 Å². The predicted molar refractivity (Wildman–Crippen MR) is 50.3 cm³/mol. The zero-order chi connectivity index (χ0) is 14.0. The maximum atomic E-state index is 13.1. The van der Waals surface area contributed by atoms with Gasteiger partial charge in [-0.25, -0.2) is 22.0 Å². The van der Waals surface area contributed by atoms with Crippen LogP contribution in [0.4, 0.5) is 27.6 Å². The summed E-state index contributed by atoms with van der Waals surface area (Å²) in [5.41, 5.74) is 3.69. The summed E-state index contributed by atoms with van der Waals surface area (Å²) in [5.74, 6) is -12.2. The van der Waals surface area contributed by atoms with E-state index in [0.717, 1.165) is 0 Å². The van der Waals surface area contributed by atoms with Crippen LogP contribution in [0.5, 0.6) is 0 Å². The molecule has 100 valence electrons. The quantitative estimate of drug-likeness (QED) is 0.436. The molecular weight excluding hydrogens is 263 g/mol. The highest BCUT2D eigenvalue weighted by Gasteiger charge is 2.26. The first kappa shape index (κ1) is 14.2. The van der Waals surface area contributed by atoms with E-state index in [1.807, 2.05) is 0 Å². The van der Waals surface area contributed by atoms with Gasteiger partial charge in [0.05, 0.1) is 0 Å². The van der Waals surface area contributed by atoms with Crippen molar-refractivity contribution >= 4 is 11.7 Å². The summed E-state index contributed by atoms with van der Waals surface area (Å²) >= 11 is 0. The van der Waals surface area contributed by atoms with Crippen molar-refractivity contribution in [3.8, 4) is 0 Å². The molecule has 0 aliphatic carbocycles. The molecule has 0 aliphatic heterocycles. The van der Waals surface area contributed by atoms with Gasteiger partial charge in [-0.05, 0) is 0 Å². The molecule has 0 bridgehead atoms. The molecule has 1 aromatic rings. The van der Waals surface area contributed by atoms with E-state index >= 15 is 0 Å². The Morgan fingerprint density at radius 3 is 1.83 bits per heavy atom.